The third kappa shape index (κ3) is 4.42. The predicted octanol–water partition coefficient (Wildman–Crippen LogP) is 0.724. The minimum atomic E-state index is -3.83. The van der Waals surface area contributed by atoms with Crippen LogP contribution in [0.4, 0.5) is 0 Å². The van der Waals surface area contributed by atoms with E-state index in [0.29, 0.717) is 4.90 Å². The van der Waals surface area contributed by atoms with Crippen molar-refractivity contribution in [2.24, 2.45) is 0 Å². The second-order valence-corrected chi connectivity index (χ2v) is 12.0. The van der Waals surface area contributed by atoms with Crippen LogP contribution in [-0.4, -0.2) is 81.0 Å². The van der Waals surface area contributed by atoms with Crippen LogP contribution in [0.2, 0.25) is 0 Å². The zero-order valence-corrected chi connectivity index (χ0v) is 19.5. The summed E-state index contributed by atoms with van der Waals surface area (Å²) in [6.45, 7) is 0.441. The summed E-state index contributed by atoms with van der Waals surface area (Å²) in [7, 11) is -6.12. The van der Waals surface area contributed by atoms with Crippen LogP contribution >= 0.6 is 0 Å². The summed E-state index contributed by atoms with van der Waals surface area (Å²) in [6.07, 6.45) is 5.64. The molecule has 9 nitrogen and oxygen atoms in total. The molecule has 2 heterocycles. The van der Waals surface area contributed by atoms with Crippen LogP contribution in [-0.2, 0) is 37.7 Å². The van der Waals surface area contributed by atoms with Gasteiger partial charge in [-0.1, -0.05) is 6.07 Å². The minimum Gasteiger partial charge on any atom is -0.339 e. The second kappa shape index (κ2) is 8.89. The van der Waals surface area contributed by atoms with Crippen molar-refractivity contribution in [2.75, 3.05) is 39.8 Å². The number of aryl methyl sites for hydroxylation is 2. The molecule has 0 radical (unpaired) electrons. The van der Waals surface area contributed by atoms with Crippen molar-refractivity contribution in [3.8, 4) is 0 Å². The van der Waals surface area contributed by atoms with E-state index in [1.807, 2.05) is 6.07 Å². The van der Waals surface area contributed by atoms with Gasteiger partial charge in [0.15, 0.2) is 0 Å². The fourth-order valence-electron chi connectivity index (χ4n) is 4.09. The summed E-state index contributed by atoms with van der Waals surface area (Å²) in [6, 6.07) is 8.27. The highest BCUT2D eigenvalue weighted by Gasteiger charge is 2.32. The highest BCUT2D eigenvalue weighted by Crippen LogP contribution is 2.26. The number of rotatable bonds is 6. The molecule has 2 aliphatic rings. The molecular weight excluding hydrogens is 452 g/mol. The first-order valence-corrected chi connectivity index (χ1v) is 13.3. The monoisotopic (exact) mass is 478 g/mol. The maximum absolute atomic E-state index is 13.1. The van der Waals surface area contributed by atoms with Gasteiger partial charge in [-0.05, 0) is 54.7 Å². The van der Waals surface area contributed by atoms with E-state index < -0.39 is 20.0 Å². The average Bonchev–Trinajstić information content (AvgIpc) is 3.27. The third-order valence-electron chi connectivity index (χ3n) is 6.00. The lowest BCUT2D eigenvalue weighted by atomic mass is 10.1. The molecular formula is C21H26N4O5S2. The van der Waals surface area contributed by atoms with E-state index in [1.165, 1.54) is 46.3 Å². The summed E-state index contributed by atoms with van der Waals surface area (Å²) in [4.78, 5) is 18.3. The normalized spacial score (nSPS) is 17.5. The van der Waals surface area contributed by atoms with Crippen LogP contribution in [0.1, 0.15) is 17.5 Å². The number of nitrogens with zero attached hydrogens (tertiary/aromatic N) is 4. The topological polar surface area (TPSA) is 108 Å². The second-order valence-electron chi connectivity index (χ2n) is 8.02. The number of carbonyl (C=O) groups is 1. The average molecular weight is 479 g/mol. The van der Waals surface area contributed by atoms with Gasteiger partial charge in [-0.3, -0.25) is 9.78 Å². The smallest absolute Gasteiger partial charge is 0.244 e. The Morgan fingerprint density at radius 2 is 1.72 bits per heavy atom. The lowest BCUT2D eigenvalue weighted by molar-refractivity contribution is -0.132. The number of fused-ring (bicyclic) bond motifs is 1. The molecule has 0 saturated carbocycles. The Labute approximate surface area is 188 Å². The molecule has 11 heteroatoms. The van der Waals surface area contributed by atoms with Crippen molar-refractivity contribution in [2.45, 2.75) is 29.1 Å². The van der Waals surface area contributed by atoms with E-state index in [9.17, 15) is 21.6 Å². The molecule has 0 N–H and O–H groups in total. The van der Waals surface area contributed by atoms with Gasteiger partial charge in [-0.2, -0.15) is 8.61 Å². The van der Waals surface area contributed by atoms with Crippen molar-refractivity contribution in [3.05, 3.63) is 53.9 Å². The Kier molecular flexibility index (Phi) is 6.35. The Bertz CT molecular complexity index is 1210. The highest BCUT2D eigenvalue weighted by molar-refractivity contribution is 7.89. The van der Waals surface area contributed by atoms with Crippen molar-refractivity contribution in [1.29, 1.82) is 0 Å². The first kappa shape index (κ1) is 22.8. The van der Waals surface area contributed by atoms with E-state index in [1.54, 1.807) is 12.1 Å². The summed E-state index contributed by atoms with van der Waals surface area (Å²) in [5.41, 5.74) is 2.31. The third-order valence-corrected chi connectivity index (χ3v) is 9.68. The van der Waals surface area contributed by atoms with Gasteiger partial charge in [0.2, 0.25) is 26.0 Å². The van der Waals surface area contributed by atoms with Crippen LogP contribution < -0.4 is 0 Å². The van der Waals surface area contributed by atoms with Gasteiger partial charge < -0.3 is 4.90 Å². The zero-order valence-electron chi connectivity index (χ0n) is 17.8. The standard InChI is InChI=1S/C21H26N4O5S2/c1-23(31(27,28)20-6-3-9-22-15-20)16-21(26)24-10-12-25(13-11-24)32(29,30)19-8-7-17-4-2-5-18(17)14-19/h3,6-9,14-15H,2,4-5,10-13,16H2,1H3. The van der Waals surface area contributed by atoms with Gasteiger partial charge in [0, 0.05) is 45.6 Å². The molecule has 4 rings (SSSR count). The summed E-state index contributed by atoms with van der Waals surface area (Å²) >= 11 is 0. The molecule has 1 aromatic carbocycles. The van der Waals surface area contributed by atoms with Gasteiger partial charge in [0.25, 0.3) is 0 Å². The van der Waals surface area contributed by atoms with E-state index in [-0.39, 0.29) is 43.5 Å². The van der Waals surface area contributed by atoms with Crippen LogP contribution in [0.15, 0.2) is 52.5 Å². The number of piperazine rings is 1. The zero-order chi connectivity index (χ0) is 22.9. The molecule has 0 unspecified atom stereocenters. The van der Waals surface area contributed by atoms with Crippen LogP contribution in [0, 0.1) is 0 Å². The van der Waals surface area contributed by atoms with Crippen LogP contribution in [0.5, 0.6) is 0 Å². The molecule has 1 aliphatic carbocycles. The fraction of sp³-hybridized carbons (Fsp3) is 0.429. The quantitative estimate of drug-likeness (QED) is 0.606. The molecule has 1 saturated heterocycles. The van der Waals surface area contributed by atoms with Gasteiger partial charge in [0.05, 0.1) is 11.4 Å². The number of pyridine rings is 1. The lowest BCUT2D eigenvalue weighted by Crippen LogP contribution is -2.52. The van der Waals surface area contributed by atoms with E-state index in [0.717, 1.165) is 29.1 Å². The summed E-state index contributed by atoms with van der Waals surface area (Å²) < 4.78 is 53.7. The van der Waals surface area contributed by atoms with Gasteiger partial charge >= 0.3 is 0 Å². The molecule has 0 spiro atoms. The SMILES string of the molecule is CN(CC(=O)N1CCN(S(=O)(=O)c2ccc3c(c2)CCC3)CC1)S(=O)(=O)c1cccnc1. The largest absolute Gasteiger partial charge is 0.339 e. The number of hydrogen-bond donors (Lipinski definition) is 0. The number of hydrogen-bond acceptors (Lipinski definition) is 6. The molecule has 1 aromatic heterocycles. The fourth-order valence-corrected chi connectivity index (χ4v) is 6.65. The number of likely N-dealkylation sites (N-methyl/N-ethyl adjacent to an activating group) is 1. The van der Waals surface area contributed by atoms with E-state index in [4.69, 9.17) is 0 Å². The maximum Gasteiger partial charge on any atom is 0.244 e. The molecule has 32 heavy (non-hydrogen) atoms. The van der Waals surface area contributed by atoms with Gasteiger partial charge in [-0.15, -0.1) is 0 Å². The Morgan fingerprint density at radius 3 is 2.41 bits per heavy atom. The molecule has 0 bridgehead atoms. The maximum atomic E-state index is 13.1. The Morgan fingerprint density at radius 1 is 1.00 bits per heavy atom. The molecule has 1 amide bonds. The summed E-state index contributed by atoms with van der Waals surface area (Å²) in [5.74, 6) is -0.366. The van der Waals surface area contributed by atoms with E-state index in [2.05, 4.69) is 4.98 Å². The Balaban J connectivity index is 1.37. The number of aromatic nitrogens is 1. The van der Waals surface area contributed by atoms with Crippen molar-refractivity contribution < 1.29 is 21.6 Å². The molecule has 2 aromatic rings. The van der Waals surface area contributed by atoms with Crippen LogP contribution in [0.3, 0.4) is 0 Å². The van der Waals surface area contributed by atoms with Gasteiger partial charge in [0.1, 0.15) is 4.90 Å². The highest BCUT2D eigenvalue weighted by atomic mass is 32.2. The minimum absolute atomic E-state index is 0.0144. The predicted molar refractivity (Wildman–Crippen MR) is 118 cm³/mol. The van der Waals surface area contributed by atoms with Crippen molar-refractivity contribution in [3.63, 3.8) is 0 Å². The van der Waals surface area contributed by atoms with Crippen LogP contribution in [0.25, 0.3) is 0 Å². The number of carbonyl (C=O) groups excluding carboxylic acids is 1. The van der Waals surface area contributed by atoms with Gasteiger partial charge in [-0.25, -0.2) is 16.8 Å². The summed E-state index contributed by atoms with van der Waals surface area (Å²) in [5, 5.41) is 0. The number of benzene rings is 1. The molecule has 0 atom stereocenters. The first-order chi connectivity index (χ1) is 15.2. The molecule has 1 aliphatic heterocycles. The number of sulfonamides is 2. The molecule has 1 fully saturated rings. The molecule has 172 valence electrons. The lowest BCUT2D eigenvalue weighted by Gasteiger charge is -2.34. The Hall–Kier alpha value is -2.34. The number of amides is 1. The first-order valence-electron chi connectivity index (χ1n) is 10.5. The van der Waals surface area contributed by atoms with Crippen molar-refractivity contribution in [1.82, 2.24) is 18.5 Å². The van der Waals surface area contributed by atoms with E-state index >= 15 is 0 Å². The van der Waals surface area contributed by atoms with Crippen molar-refractivity contribution >= 4 is 26.0 Å².